The van der Waals surface area contributed by atoms with E-state index in [0.29, 0.717) is 22.9 Å². The van der Waals surface area contributed by atoms with E-state index in [-0.39, 0.29) is 11.9 Å². The van der Waals surface area contributed by atoms with Crippen molar-refractivity contribution in [2.75, 3.05) is 6.54 Å². The number of oxazole rings is 1. The summed E-state index contributed by atoms with van der Waals surface area (Å²) in [6, 6.07) is -0.294. The molecule has 0 radical (unpaired) electrons. The highest BCUT2D eigenvalue weighted by Gasteiger charge is 2.53. The minimum absolute atomic E-state index is 0.162. The van der Waals surface area contributed by atoms with Crippen LogP contribution < -0.4 is 11.1 Å². The molecule has 1 amide bonds. The number of nitrogens with one attached hydrogen (secondary N) is 1. The highest BCUT2D eigenvalue weighted by molar-refractivity contribution is 5.91. The minimum Gasteiger partial charge on any atom is -0.446 e. The van der Waals surface area contributed by atoms with Gasteiger partial charge in [0.15, 0.2) is 5.69 Å². The predicted molar refractivity (Wildman–Crippen MR) is 79.5 cm³/mol. The van der Waals surface area contributed by atoms with E-state index in [1.807, 2.05) is 0 Å². The van der Waals surface area contributed by atoms with E-state index >= 15 is 0 Å². The number of nitrogens with zero attached hydrogens (tertiary/aromatic N) is 1. The molecule has 5 nitrogen and oxygen atoms in total. The minimum atomic E-state index is -0.294. The molecule has 0 saturated heterocycles. The number of fused-ring (bicyclic) bond motifs is 2. The Morgan fingerprint density at radius 1 is 1.57 bits per heavy atom. The molecule has 1 aromatic heterocycles. The van der Waals surface area contributed by atoms with E-state index < -0.39 is 0 Å². The standard InChI is InChI=1S/C16H25N3O2/c1-9(17)15-19-13(8-21-15)14(20)18-7-10-4-5-11-6-12(10)16(11,2)3/h8-12H,4-7,17H2,1-3H3,(H,18,20). The van der Waals surface area contributed by atoms with Gasteiger partial charge in [-0.1, -0.05) is 13.8 Å². The Hall–Kier alpha value is -1.36. The van der Waals surface area contributed by atoms with Gasteiger partial charge < -0.3 is 15.5 Å². The SMILES string of the molecule is CC(N)c1nc(C(=O)NCC2CCC3CC2C3(C)C)co1. The molecule has 3 aliphatic carbocycles. The van der Waals surface area contributed by atoms with Crippen molar-refractivity contribution in [3.05, 3.63) is 17.8 Å². The van der Waals surface area contributed by atoms with E-state index in [2.05, 4.69) is 24.1 Å². The van der Waals surface area contributed by atoms with Crippen LogP contribution in [0.2, 0.25) is 0 Å². The van der Waals surface area contributed by atoms with Gasteiger partial charge in [0, 0.05) is 6.54 Å². The second kappa shape index (κ2) is 5.13. The summed E-state index contributed by atoms with van der Waals surface area (Å²) in [7, 11) is 0. The number of aromatic nitrogens is 1. The maximum absolute atomic E-state index is 12.1. The third kappa shape index (κ3) is 2.48. The van der Waals surface area contributed by atoms with Crippen molar-refractivity contribution < 1.29 is 9.21 Å². The van der Waals surface area contributed by atoms with Crippen molar-refractivity contribution >= 4 is 5.91 Å². The Labute approximate surface area is 125 Å². The van der Waals surface area contributed by atoms with Crippen LogP contribution in [0, 0.1) is 23.2 Å². The summed E-state index contributed by atoms with van der Waals surface area (Å²) < 4.78 is 5.20. The van der Waals surface area contributed by atoms with E-state index in [0.717, 1.165) is 18.4 Å². The monoisotopic (exact) mass is 291 g/mol. The van der Waals surface area contributed by atoms with Gasteiger partial charge in [0.1, 0.15) is 6.26 Å². The molecule has 3 aliphatic rings. The summed E-state index contributed by atoms with van der Waals surface area (Å²) in [6.07, 6.45) is 5.23. The maximum atomic E-state index is 12.1. The van der Waals surface area contributed by atoms with Gasteiger partial charge in [-0.25, -0.2) is 4.98 Å². The van der Waals surface area contributed by atoms with Crippen molar-refractivity contribution in [3.8, 4) is 0 Å². The fourth-order valence-corrected chi connectivity index (χ4v) is 4.12. The first-order valence-corrected chi connectivity index (χ1v) is 7.88. The van der Waals surface area contributed by atoms with Gasteiger partial charge >= 0.3 is 0 Å². The fourth-order valence-electron chi connectivity index (χ4n) is 4.12. The van der Waals surface area contributed by atoms with Gasteiger partial charge in [-0.15, -0.1) is 0 Å². The third-order valence-electron chi connectivity index (χ3n) is 5.67. The van der Waals surface area contributed by atoms with Crippen LogP contribution in [-0.4, -0.2) is 17.4 Å². The van der Waals surface area contributed by atoms with Crippen molar-refractivity contribution in [1.29, 1.82) is 0 Å². The molecule has 0 aromatic carbocycles. The van der Waals surface area contributed by atoms with Crippen LogP contribution in [0.1, 0.15) is 62.5 Å². The van der Waals surface area contributed by atoms with Gasteiger partial charge in [0.2, 0.25) is 5.89 Å². The highest BCUT2D eigenvalue weighted by Crippen LogP contribution is 2.61. The zero-order valence-corrected chi connectivity index (χ0v) is 13.1. The predicted octanol–water partition coefficient (Wildman–Crippen LogP) is 2.50. The lowest BCUT2D eigenvalue weighted by Crippen LogP contribution is -2.54. The molecule has 4 atom stereocenters. The summed E-state index contributed by atoms with van der Waals surface area (Å²) in [5.74, 6) is 2.46. The molecule has 1 aromatic rings. The van der Waals surface area contributed by atoms with Crippen molar-refractivity contribution in [2.45, 2.75) is 46.1 Å². The number of hydrogen-bond donors (Lipinski definition) is 2. The zero-order valence-electron chi connectivity index (χ0n) is 13.1. The molecule has 3 N–H and O–H groups in total. The lowest BCUT2D eigenvalue weighted by molar-refractivity contribution is -0.103. The molecule has 5 heteroatoms. The molecule has 0 aliphatic heterocycles. The second-order valence-electron chi connectivity index (χ2n) is 7.27. The Kier molecular flexibility index (Phi) is 3.56. The average molecular weight is 291 g/mol. The number of carbonyl (C=O) groups is 1. The van der Waals surface area contributed by atoms with Gasteiger partial charge in [-0.05, 0) is 49.4 Å². The van der Waals surface area contributed by atoms with Crippen LogP contribution in [0.15, 0.2) is 10.7 Å². The fraction of sp³-hybridized carbons (Fsp3) is 0.750. The topological polar surface area (TPSA) is 81.1 Å². The second-order valence-corrected chi connectivity index (χ2v) is 7.27. The number of nitrogens with two attached hydrogens (primary N) is 1. The molecule has 4 unspecified atom stereocenters. The van der Waals surface area contributed by atoms with Gasteiger partial charge in [-0.2, -0.15) is 0 Å². The number of carbonyl (C=O) groups excluding carboxylic acids is 1. The number of rotatable bonds is 4. The molecular weight excluding hydrogens is 266 g/mol. The zero-order chi connectivity index (χ0) is 15.2. The molecular formula is C16H25N3O2. The number of amides is 1. The van der Waals surface area contributed by atoms with Gasteiger partial charge in [0.05, 0.1) is 6.04 Å². The molecule has 3 saturated carbocycles. The molecule has 4 rings (SSSR count). The summed E-state index contributed by atoms with van der Waals surface area (Å²) in [5, 5.41) is 3.01. The maximum Gasteiger partial charge on any atom is 0.273 e. The first-order valence-electron chi connectivity index (χ1n) is 7.88. The summed E-state index contributed by atoms with van der Waals surface area (Å²) in [6.45, 7) is 7.25. The van der Waals surface area contributed by atoms with Crippen molar-refractivity contribution in [3.63, 3.8) is 0 Å². The molecule has 2 bridgehead atoms. The summed E-state index contributed by atoms with van der Waals surface area (Å²) in [4.78, 5) is 16.3. The van der Waals surface area contributed by atoms with Crippen LogP contribution in [0.4, 0.5) is 0 Å². The Morgan fingerprint density at radius 2 is 2.33 bits per heavy atom. The lowest BCUT2D eigenvalue weighted by atomic mass is 9.45. The van der Waals surface area contributed by atoms with E-state index in [1.165, 1.54) is 25.5 Å². The molecule has 0 spiro atoms. The first-order chi connectivity index (χ1) is 9.89. The quantitative estimate of drug-likeness (QED) is 0.893. The molecule has 3 fully saturated rings. The van der Waals surface area contributed by atoms with Crippen LogP contribution in [0.5, 0.6) is 0 Å². The lowest BCUT2D eigenvalue weighted by Gasteiger charge is -2.60. The molecule has 116 valence electrons. The van der Waals surface area contributed by atoms with Crippen LogP contribution >= 0.6 is 0 Å². The van der Waals surface area contributed by atoms with E-state index in [9.17, 15) is 4.79 Å². The Bertz CT molecular complexity index is 533. The Morgan fingerprint density at radius 3 is 2.90 bits per heavy atom. The summed E-state index contributed by atoms with van der Waals surface area (Å²) >= 11 is 0. The third-order valence-corrected chi connectivity index (χ3v) is 5.67. The van der Waals surface area contributed by atoms with Crippen LogP contribution in [0.25, 0.3) is 0 Å². The number of hydrogen-bond acceptors (Lipinski definition) is 4. The van der Waals surface area contributed by atoms with E-state index in [1.54, 1.807) is 6.92 Å². The molecule has 21 heavy (non-hydrogen) atoms. The van der Waals surface area contributed by atoms with E-state index in [4.69, 9.17) is 10.2 Å². The van der Waals surface area contributed by atoms with Gasteiger partial charge in [-0.3, -0.25) is 4.79 Å². The van der Waals surface area contributed by atoms with Crippen LogP contribution in [0.3, 0.4) is 0 Å². The Balaban J connectivity index is 1.56. The van der Waals surface area contributed by atoms with Crippen molar-refractivity contribution in [2.24, 2.45) is 28.9 Å². The molecule has 1 heterocycles. The van der Waals surface area contributed by atoms with Gasteiger partial charge in [0.25, 0.3) is 5.91 Å². The average Bonchev–Trinajstić information content (AvgIpc) is 2.94. The summed E-state index contributed by atoms with van der Waals surface area (Å²) in [5.41, 5.74) is 6.45. The normalized spacial score (nSPS) is 31.3. The van der Waals surface area contributed by atoms with Crippen LogP contribution in [-0.2, 0) is 0 Å². The smallest absolute Gasteiger partial charge is 0.273 e. The van der Waals surface area contributed by atoms with Crippen molar-refractivity contribution in [1.82, 2.24) is 10.3 Å². The highest BCUT2D eigenvalue weighted by atomic mass is 16.3. The first kappa shape index (κ1) is 14.6. The largest absolute Gasteiger partial charge is 0.446 e.